The van der Waals surface area contributed by atoms with Crippen molar-refractivity contribution in [3.8, 4) is 0 Å². The van der Waals surface area contributed by atoms with E-state index >= 15 is 0 Å². The number of carbonyl (C=O) groups excluding carboxylic acids is 2. The minimum Gasteiger partial charge on any atom is -0.466 e. The smallest absolute Gasteiger partial charge is 0.305 e. The van der Waals surface area contributed by atoms with Crippen LogP contribution in [0.15, 0.2) is 36.5 Å². The first-order chi connectivity index (χ1) is 36.0. The number of unbranched alkanes of at least 4 members (excludes halogenated alkanes) is 46. The number of amides is 1. The Bertz CT molecular complexity index is 1180. The minimum atomic E-state index is -0.851. The van der Waals surface area contributed by atoms with Crippen LogP contribution in [0.5, 0.6) is 0 Å². The fourth-order valence-electron chi connectivity index (χ4n) is 10.1. The van der Waals surface area contributed by atoms with Gasteiger partial charge >= 0.3 is 5.97 Å². The van der Waals surface area contributed by atoms with Gasteiger partial charge in [0, 0.05) is 12.8 Å². The van der Waals surface area contributed by atoms with E-state index in [0.29, 0.717) is 19.4 Å². The Morgan fingerprint density at radius 1 is 0.370 bits per heavy atom. The molecule has 2 unspecified atom stereocenters. The van der Waals surface area contributed by atoms with Crippen molar-refractivity contribution in [3.63, 3.8) is 0 Å². The number of aliphatic hydroxyl groups excluding tert-OH is 2. The predicted molar refractivity (Wildman–Crippen MR) is 319 cm³/mol. The third-order valence-electron chi connectivity index (χ3n) is 15.1. The molecule has 0 fully saturated rings. The number of rotatable bonds is 61. The van der Waals surface area contributed by atoms with Crippen LogP contribution in [0.1, 0.15) is 354 Å². The summed E-state index contributed by atoms with van der Waals surface area (Å²) in [5.41, 5.74) is 0. The van der Waals surface area contributed by atoms with Crippen molar-refractivity contribution >= 4 is 11.9 Å². The van der Waals surface area contributed by atoms with Crippen molar-refractivity contribution in [3.05, 3.63) is 36.5 Å². The minimum absolute atomic E-state index is 0.00328. The molecule has 2 atom stereocenters. The van der Waals surface area contributed by atoms with Gasteiger partial charge < -0.3 is 20.3 Å². The molecule has 3 N–H and O–H groups in total. The molecule has 0 bridgehead atoms. The number of esters is 1. The van der Waals surface area contributed by atoms with Gasteiger partial charge in [0.1, 0.15) is 0 Å². The van der Waals surface area contributed by atoms with E-state index in [-0.39, 0.29) is 18.5 Å². The van der Waals surface area contributed by atoms with Gasteiger partial charge in [0.15, 0.2) is 0 Å². The molecule has 0 aromatic rings. The normalized spacial score (nSPS) is 12.8. The molecule has 0 aliphatic rings. The molecule has 0 aliphatic heterocycles. The molecule has 0 saturated heterocycles. The number of carbonyl (C=O) groups is 2. The summed E-state index contributed by atoms with van der Waals surface area (Å²) in [6.07, 6.45) is 79.1. The molecule has 0 aromatic carbocycles. The lowest BCUT2D eigenvalue weighted by atomic mass is 10.0. The van der Waals surface area contributed by atoms with Crippen LogP contribution >= 0.6 is 0 Å². The molecular weight excluding hydrogens is 899 g/mol. The highest BCUT2D eigenvalue weighted by Crippen LogP contribution is 2.18. The van der Waals surface area contributed by atoms with Gasteiger partial charge in [-0.25, -0.2) is 0 Å². The molecule has 1 amide bonds. The van der Waals surface area contributed by atoms with Gasteiger partial charge in [0.2, 0.25) is 5.91 Å². The van der Waals surface area contributed by atoms with E-state index in [1.54, 1.807) is 6.08 Å². The largest absolute Gasteiger partial charge is 0.466 e. The third-order valence-corrected chi connectivity index (χ3v) is 15.1. The zero-order valence-electron chi connectivity index (χ0n) is 49.1. The summed E-state index contributed by atoms with van der Waals surface area (Å²) in [6.45, 7) is 4.88. The number of hydrogen-bond acceptors (Lipinski definition) is 5. The average molecular weight is 1030 g/mol. The first-order valence-corrected chi connectivity index (χ1v) is 32.8. The number of aliphatic hydroxyl groups is 2. The van der Waals surface area contributed by atoms with Crippen LogP contribution in [0.4, 0.5) is 0 Å². The van der Waals surface area contributed by atoms with Crippen LogP contribution in [0.25, 0.3) is 0 Å². The van der Waals surface area contributed by atoms with Crippen molar-refractivity contribution in [2.75, 3.05) is 13.2 Å². The first kappa shape index (κ1) is 71.1. The van der Waals surface area contributed by atoms with Crippen molar-refractivity contribution in [1.82, 2.24) is 5.32 Å². The van der Waals surface area contributed by atoms with Crippen LogP contribution in [0, 0.1) is 0 Å². The Labute approximate surface area is 455 Å². The maximum absolute atomic E-state index is 12.5. The first-order valence-electron chi connectivity index (χ1n) is 32.8. The number of hydrogen-bond donors (Lipinski definition) is 3. The molecule has 6 nitrogen and oxygen atoms in total. The summed E-state index contributed by atoms with van der Waals surface area (Å²) in [5, 5.41) is 23.2. The van der Waals surface area contributed by atoms with Crippen molar-refractivity contribution < 1.29 is 24.5 Å². The van der Waals surface area contributed by atoms with E-state index in [0.717, 1.165) is 51.4 Å². The number of ether oxygens (including phenoxy) is 1. The SMILES string of the molecule is CCCC/C=C\CCCCCCCC(=O)OCCCCCCCCCCCC/C=C\CCCCCCCCCC(=O)NC(CO)C(O)/C=C/CCCCCCCCCCCCCCCCCCCCCCCC. The molecule has 0 radical (unpaired) electrons. The lowest BCUT2D eigenvalue weighted by Crippen LogP contribution is -2.45. The van der Waals surface area contributed by atoms with Gasteiger partial charge in [-0.05, 0) is 77.0 Å². The highest BCUT2D eigenvalue weighted by Gasteiger charge is 2.18. The summed E-state index contributed by atoms with van der Waals surface area (Å²) in [5.74, 6) is -0.0759. The van der Waals surface area contributed by atoms with Gasteiger partial charge in [0.05, 0.1) is 25.4 Å². The van der Waals surface area contributed by atoms with Crippen LogP contribution < -0.4 is 5.32 Å². The third kappa shape index (κ3) is 59.2. The number of nitrogens with one attached hydrogen (secondary N) is 1. The Morgan fingerprint density at radius 2 is 0.658 bits per heavy atom. The fourth-order valence-corrected chi connectivity index (χ4v) is 10.1. The number of allylic oxidation sites excluding steroid dienone is 5. The Kier molecular flexibility index (Phi) is 61.0. The molecule has 0 heterocycles. The molecule has 0 saturated carbocycles. The zero-order valence-corrected chi connectivity index (χ0v) is 49.1. The molecule has 0 aromatic heterocycles. The summed E-state index contributed by atoms with van der Waals surface area (Å²) in [6, 6.07) is -0.635. The summed E-state index contributed by atoms with van der Waals surface area (Å²) < 4.78 is 5.46. The maximum Gasteiger partial charge on any atom is 0.305 e. The maximum atomic E-state index is 12.5. The van der Waals surface area contributed by atoms with Crippen LogP contribution in [-0.2, 0) is 14.3 Å². The van der Waals surface area contributed by atoms with Crippen LogP contribution in [0.2, 0.25) is 0 Å². The van der Waals surface area contributed by atoms with E-state index in [1.807, 2.05) is 6.08 Å². The van der Waals surface area contributed by atoms with Gasteiger partial charge in [-0.2, -0.15) is 0 Å². The van der Waals surface area contributed by atoms with Crippen molar-refractivity contribution in [2.24, 2.45) is 0 Å². The summed E-state index contributed by atoms with van der Waals surface area (Å²) >= 11 is 0. The van der Waals surface area contributed by atoms with Gasteiger partial charge in [0.25, 0.3) is 0 Å². The summed E-state index contributed by atoms with van der Waals surface area (Å²) in [7, 11) is 0. The van der Waals surface area contributed by atoms with E-state index in [2.05, 4.69) is 43.5 Å². The van der Waals surface area contributed by atoms with E-state index < -0.39 is 12.1 Å². The highest BCUT2D eigenvalue weighted by atomic mass is 16.5. The molecule has 0 aliphatic carbocycles. The average Bonchev–Trinajstić information content (AvgIpc) is 3.39. The molecule has 0 rings (SSSR count). The molecular formula is C67H127NO5. The molecule has 6 heteroatoms. The van der Waals surface area contributed by atoms with E-state index in [1.165, 1.54) is 276 Å². The second-order valence-corrected chi connectivity index (χ2v) is 22.4. The second kappa shape index (κ2) is 62.6. The topological polar surface area (TPSA) is 95.9 Å². The van der Waals surface area contributed by atoms with Crippen LogP contribution in [0.3, 0.4) is 0 Å². The molecule has 73 heavy (non-hydrogen) atoms. The zero-order chi connectivity index (χ0) is 52.9. The molecule has 430 valence electrons. The Balaban J connectivity index is 3.46. The fraction of sp³-hybridized carbons (Fsp3) is 0.881. The van der Waals surface area contributed by atoms with E-state index in [9.17, 15) is 19.8 Å². The van der Waals surface area contributed by atoms with Crippen molar-refractivity contribution in [1.29, 1.82) is 0 Å². The lowest BCUT2D eigenvalue weighted by molar-refractivity contribution is -0.143. The monoisotopic (exact) mass is 1030 g/mol. The quantitative estimate of drug-likeness (QED) is 0.0320. The lowest BCUT2D eigenvalue weighted by Gasteiger charge is -2.20. The van der Waals surface area contributed by atoms with Gasteiger partial charge in [-0.15, -0.1) is 0 Å². The second-order valence-electron chi connectivity index (χ2n) is 22.4. The highest BCUT2D eigenvalue weighted by molar-refractivity contribution is 5.76. The summed E-state index contributed by atoms with van der Waals surface area (Å²) in [4.78, 5) is 24.5. The molecule has 0 spiro atoms. The predicted octanol–water partition coefficient (Wildman–Crippen LogP) is 20.8. The standard InChI is InChI=1S/C67H127NO5/c1-3-5-7-9-11-13-15-16-17-18-19-20-21-22-24-27-30-33-36-40-43-47-51-55-59-65(70)64(63-69)68-66(71)60-56-52-48-44-41-37-34-31-28-25-23-26-29-32-35-38-42-46-50-54-58-62-73-67(72)61-57-53-49-45-39-14-12-10-8-6-4-2/h10,12,25,28,55,59,64-65,69-70H,3-9,11,13-24,26-27,29-54,56-58,60-63H2,1-2H3,(H,68,71)/b12-10-,28-25-,59-55+. The van der Waals surface area contributed by atoms with Gasteiger partial charge in [-0.1, -0.05) is 301 Å². The van der Waals surface area contributed by atoms with E-state index in [4.69, 9.17) is 4.74 Å². The Morgan fingerprint density at radius 3 is 1.01 bits per heavy atom. The van der Waals surface area contributed by atoms with Crippen LogP contribution in [-0.4, -0.2) is 47.4 Å². The van der Waals surface area contributed by atoms with Gasteiger partial charge in [-0.3, -0.25) is 9.59 Å². The van der Waals surface area contributed by atoms with Crippen molar-refractivity contribution in [2.45, 2.75) is 366 Å². The Hall–Kier alpha value is -1.92.